The molecule has 4 heteroatoms. The molecule has 2 bridgehead atoms. The molecule has 2 heterocycles. The summed E-state index contributed by atoms with van der Waals surface area (Å²) in [6.45, 7) is 4.45. The van der Waals surface area contributed by atoms with Crippen LogP contribution in [0.4, 0.5) is 0 Å². The molecule has 2 aliphatic rings. The molecule has 2 fully saturated rings. The molecule has 2 saturated heterocycles. The number of benzene rings is 2. The van der Waals surface area contributed by atoms with Crippen LogP contribution < -0.4 is 10.1 Å². The largest absolute Gasteiger partial charge is 0.488 e. The number of ether oxygens (including phenoxy) is 1. The molecule has 136 valence electrons. The van der Waals surface area contributed by atoms with Crippen LogP contribution in [0.25, 0.3) is 0 Å². The molecule has 2 aliphatic heterocycles. The molecule has 0 radical (unpaired) electrons. The van der Waals surface area contributed by atoms with E-state index in [-0.39, 0.29) is 5.91 Å². The van der Waals surface area contributed by atoms with Crippen molar-refractivity contribution >= 4 is 5.91 Å². The molecule has 1 N–H and O–H groups in total. The third-order valence-corrected chi connectivity index (χ3v) is 5.65. The minimum atomic E-state index is 0.113. The van der Waals surface area contributed by atoms with E-state index in [1.165, 1.54) is 5.56 Å². The van der Waals surface area contributed by atoms with E-state index in [2.05, 4.69) is 29.3 Å². The Morgan fingerprint density at radius 1 is 1.08 bits per heavy atom. The third kappa shape index (κ3) is 3.34. The summed E-state index contributed by atoms with van der Waals surface area (Å²) >= 11 is 0. The molecule has 2 unspecified atom stereocenters. The zero-order valence-corrected chi connectivity index (χ0v) is 15.3. The molecule has 1 amide bonds. The van der Waals surface area contributed by atoms with Gasteiger partial charge in [0.15, 0.2) is 0 Å². The van der Waals surface area contributed by atoms with Crippen LogP contribution in [-0.4, -0.2) is 36.0 Å². The lowest BCUT2D eigenvalue weighted by Crippen LogP contribution is -2.42. The smallest absolute Gasteiger partial charge is 0.258 e. The number of rotatable bonds is 4. The number of fused-ring (bicyclic) bond motifs is 2. The van der Waals surface area contributed by atoms with E-state index in [4.69, 9.17) is 4.74 Å². The Morgan fingerprint density at radius 3 is 2.73 bits per heavy atom. The van der Waals surface area contributed by atoms with Crippen molar-refractivity contribution in [1.29, 1.82) is 0 Å². The minimum Gasteiger partial charge on any atom is -0.488 e. The molecule has 0 aromatic heterocycles. The van der Waals surface area contributed by atoms with E-state index in [0.717, 1.165) is 37.9 Å². The molecular formula is C22H26N2O2. The van der Waals surface area contributed by atoms with Crippen molar-refractivity contribution in [2.24, 2.45) is 0 Å². The molecular weight excluding hydrogens is 324 g/mol. The van der Waals surface area contributed by atoms with E-state index in [1.807, 2.05) is 36.4 Å². The fourth-order valence-corrected chi connectivity index (χ4v) is 4.15. The van der Waals surface area contributed by atoms with Crippen LogP contribution >= 0.6 is 0 Å². The van der Waals surface area contributed by atoms with Gasteiger partial charge in [-0.3, -0.25) is 4.79 Å². The lowest BCUT2D eigenvalue weighted by molar-refractivity contribution is 0.0675. The fourth-order valence-electron chi connectivity index (χ4n) is 4.15. The van der Waals surface area contributed by atoms with E-state index >= 15 is 0 Å². The van der Waals surface area contributed by atoms with Gasteiger partial charge in [0.25, 0.3) is 5.91 Å². The van der Waals surface area contributed by atoms with E-state index in [0.29, 0.717) is 30.0 Å². The zero-order chi connectivity index (χ0) is 17.9. The highest BCUT2D eigenvalue weighted by Crippen LogP contribution is 2.32. The van der Waals surface area contributed by atoms with E-state index < -0.39 is 0 Å². The van der Waals surface area contributed by atoms with Crippen molar-refractivity contribution in [3.63, 3.8) is 0 Å². The van der Waals surface area contributed by atoms with Crippen LogP contribution in [0.2, 0.25) is 0 Å². The molecule has 0 saturated carbocycles. The first kappa shape index (κ1) is 17.1. The Balaban J connectivity index is 1.55. The second kappa shape index (κ2) is 7.50. The van der Waals surface area contributed by atoms with Gasteiger partial charge in [-0.25, -0.2) is 0 Å². The summed E-state index contributed by atoms with van der Waals surface area (Å²) in [5.41, 5.74) is 3.03. The summed E-state index contributed by atoms with van der Waals surface area (Å²) in [6, 6.07) is 16.5. The summed E-state index contributed by atoms with van der Waals surface area (Å²) in [4.78, 5) is 15.4. The SMILES string of the molecule is Cc1ccccc1COc1ccccc1C(=O)N1C2CCNCC1CC2. The second-order valence-corrected chi connectivity index (χ2v) is 7.30. The molecule has 26 heavy (non-hydrogen) atoms. The van der Waals surface area contributed by atoms with Crippen molar-refractivity contribution in [2.45, 2.75) is 44.9 Å². The van der Waals surface area contributed by atoms with Gasteiger partial charge in [-0.1, -0.05) is 36.4 Å². The average molecular weight is 350 g/mol. The van der Waals surface area contributed by atoms with Crippen molar-refractivity contribution in [1.82, 2.24) is 10.2 Å². The molecule has 2 atom stereocenters. The van der Waals surface area contributed by atoms with Gasteiger partial charge in [-0.15, -0.1) is 0 Å². The number of nitrogens with zero attached hydrogens (tertiary/aromatic N) is 1. The Bertz CT molecular complexity index is 775. The molecule has 4 nitrogen and oxygen atoms in total. The number of aryl methyl sites for hydroxylation is 1. The normalized spacial score (nSPS) is 22.1. The van der Waals surface area contributed by atoms with Gasteiger partial charge in [0.05, 0.1) is 5.56 Å². The van der Waals surface area contributed by atoms with E-state index in [9.17, 15) is 4.79 Å². The number of carbonyl (C=O) groups excluding carboxylic acids is 1. The van der Waals surface area contributed by atoms with Crippen LogP contribution in [-0.2, 0) is 6.61 Å². The summed E-state index contributed by atoms with van der Waals surface area (Å²) in [5, 5.41) is 3.46. The zero-order valence-electron chi connectivity index (χ0n) is 15.3. The number of nitrogens with one attached hydrogen (secondary N) is 1. The lowest BCUT2D eigenvalue weighted by Gasteiger charge is -2.28. The first-order valence-corrected chi connectivity index (χ1v) is 9.54. The monoisotopic (exact) mass is 350 g/mol. The summed E-state index contributed by atoms with van der Waals surface area (Å²) < 4.78 is 6.08. The fraction of sp³-hybridized carbons (Fsp3) is 0.409. The van der Waals surface area contributed by atoms with Gasteiger partial charge in [0, 0.05) is 18.6 Å². The highest BCUT2D eigenvalue weighted by Gasteiger charge is 2.39. The van der Waals surface area contributed by atoms with Gasteiger partial charge in [-0.2, -0.15) is 0 Å². The third-order valence-electron chi connectivity index (χ3n) is 5.65. The number of hydrogen-bond donors (Lipinski definition) is 1. The lowest BCUT2D eigenvalue weighted by atomic mass is 10.1. The van der Waals surface area contributed by atoms with E-state index in [1.54, 1.807) is 0 Å². The van der Waals surface area contributed by atoms with Gasteiger partial charge in [0.2, 0.25) is 0 Å². The predicted molar refractivity (Wildman–Crippen MR) is 102 cm³/mol. The average Bonchev–Trinajstić information content (AvgIpc) is 2.93. The summed E-state index contributed by atoms with van der Waals surface area (Å²) in [6.07, 6.45) is 3.24. The van der Waals surface area contributed by atoms with Crippen molar-refractivity contribution in [3.8, 4) is 5.75 Å². The molecule has 2 aromatic carbocycles. The Hall–Kier alpha value is -2.33. The predicted octanol–water partition coefficient (Wildman–Crippen LogP) is 3.54. The van der Waals surface area contributed by atoms with Crippen LogP contribution in [0, 0.1) is 6.92 Å². The Labute approximate surface area is 155 Å². The molecule has 2 aromatic rings. The van der Waals surface area contributed by atoms with Crippen LogP contribution in [0.5, 0.6) is 5.75 Å². The Kier molecular flexibility index (Phi) is 4.93. The summed E-state index contributed by atoms with van der Waals surface area (Å²) in [5.74, 6) is 0.791. The van der Waals surface area contributed by atoms with Gasteiger partial charge in [0.1, 0.15) is 12.4 Å². The standard InChI is InChI=1S/C22H26N2O2/c1-16-6-2-3-7-17(16)15-26-21-9-5-4-8-20(21)22(25)24-18-10-11-19(24)14-23-13-12-18/h2-9,18-19,23H,10-15H2,1H3. The van der Waals surface area contributed by atoms with Gasteiger partial charge in [-0.05, 0) is 56.0 Å². The van der Waals surface area contributed by atoms with Crippen LogP contribution in [0.1, 0.15) is 40.7 Å². The molecule has 0 aliphatic carbocycles. The molecule has 0 spiro atoms. The van der Waals surface area contributed by atoms with Crippen molar-refractivity contribution in [3.05, 3.63) is 65.2 Å². The highest BCUT2D eigenvalue weighted by molar-refractivity contribution is 5.97. The summed E-state index contributed by atoms with van der Waals surface area (Å²) in [7, 11) is 0. The minimum absolute atomic E-state index is 0.113. The molecule has 4 rings (SSSR count). The van der Waals surface area contributed by atoms with Crippen LogP contribution in [0.3, 0.4) is 0 Å². The van der Waals surface area contributed by atoms with Gasteiger partial charge >= 0.3 is 0 Å². The topological polar surface area (TPSA) is 41.6 Å². The van der Waals surface area contributed by atoms with Crippen molar-refractivity contribution < 1.29 is 9.53 Å². The maximum Gasteiger partial charge on any atom is 0.258 e. The first-order valence-electron chi connectivity index (χ1n) is 9.54. The van der Waals surface area contributed by atoms with Crippen molar-refractivity contribution in [2.75, 3.05) is 13.1 Å². The Morgan fingerprint density at radius 2 is 1.85 bits per heavy atom. The first-order chi connectivity index (χ1) is 12.7. The number of carbonyl (C=O) groups is 1. The number of amides is 1. The highest BCUT2D eigenvalue weighted by atomic mass is 16.5. The number of hydrogen-bond acceptors (Lipinski definition) is 3. The maximum absolute atomic E-state index is 13.3. The quantitative estimate of drug-likeness (QED) is 0.917. The maximum atomic E-state index is 13.3. The van der Waals surface area contributed by atoms with Crippen LogP contribution in [0.15, 0.2) is 48.5 Å². The number of para-hydroxylation sites is 1. The van der Waals surface area contributed by atoms with Gasteiger partial charge < -0.3 is 15.0 Å². The second-order valence-electron chi connectivity index (χ2n) is 7.30.